The van der Waals surface area contributed by atoms with Crippen molar-refractivity contribution in [3.05, 3.63) is 74.3 Å². The highest BCUT2D eigenvalue weighted by Gasteiger charge is 2.03. The highest BCUT2D eigenvalue weighted by atomic mass is 35.5. The first-order chi connectivity index (χ1) is 10.1. The summed E-state index contributed by atoms with van der Waals surface area (Å²) in [5.41, 5.74) is 1.25. The van der Waals surface area contributed by atoms with Crippen LogP contribution in [-0.4, -0.2) is 9.97 Å². The number of rotatable bonds is 2. The molecule has 0 aliphatic rings. The van der Waals surface area contributed by atoms with E-state index in [2.05, 4.69) is 9.97 Å². The fourth-order valence-corrected chi connectivity index (χ4v) is 2.37. The number of benzene rings is 2. The molecule has 0 atom stereocenters. The van der Waals surface area contributed by atoms with Crippen molar-refractivity contribution in [3.8, 4) is 0 Å². The van der Waals surface area contributed by atoms with Gasteiger partial charge in [0.2, 0.25) is 0 Å². The van der Waals surface area contributed by atoms with Crippen LogP contribution in [0.5, 0.6) is 0 Å². The third-order valence-electron chi connectivity index (χ3n) is 3.03. The Kier molecular flexibility index (Phi) is 3.78. The van der Waals surface area contributed by atoms with Crippen LogP contribution in [0.4, 0.5) is 0 Å². The molecule has 0 saturated carbocycles. The zero-order chi connectivity index (χ0) is 14.8. The van der Waals surface area contributed by atoms with Crippen molar-refractivity contribution in [2.24, 2.45) is 0 Å². The molecule has 3 rings (SSSR count). The number of aromatic nitrogens is 2. The Morgan fingerprint density at radius 3 is 2.67 bits per heavy atom. The molecule has 0 aliphatic carbocycles. The molecule has 5 heteroatoms. The van der Waals surface area contributed by atoms with Gasteiger partial charge in [0.05, 0.1) is 20.9 Å². The maximum Gasteiger partial charge on any atom is 0.259 e. The number of nitrogens with one attached hydrogen (secondary N) is 1. The summed E-state index contributed by atoms with van der Waals surface area (Å²) in [5.74, 6) is 0.467. The SMILES string of the molecule is O=c1[nH]c(/C=C\c2cccc(Cl)c2Cl)nc2ccccc12. The molecule has 0 radical (unpaired) electrons. The Morgan fingerprint density at radius 2 is 1.81 bits per heavy atom. The lowest BCUT2D eigenvalue weighted by Gasteiger charge is -2.01. The Hall–Kier alpha value is -2.10. The number of nitrogens with zero attached hydrogens (tertiary/aromatic N) is 1. The fraction of sp³-hybridized carbons (Fsp3) is 0. The van der Waals surface area contributed by atoms with E-state index in [4.69, 9.17) is 23.2 Å². The van der Waals surface area contributed by atoms with Crippen LogP contribution in [0.1, 0.15) is 11.4 Å². The van der Waals surface area contributed by atoms with E-state index >= 15 is 0 Å². The predicted octanol–water partition coefficient (Wildman–Crippen LogP) is 4.40. The van der Waals surface area contributed by atoms with Gasteiger partial charge in [-0.3, -0.25) is 4.79 Å². The molecule has 1 aromatic heterocycles. The van der Waals surface area contributed by atoms with Crippen LogP contribution in [0.3, 0.4) is 0 Å². The van der Waals surface area contributed by atoms with Crippen molar-refractivity contribution in [1.82, 2.24) is 9.97 Å². The van der Waals surface area contributed by atoms with E-state index in [0.29, 0.717) is 26.8 Å². The maximum atomic E-state index is 12.0. The van der Waals surface area contributed by atoms with Crippen molar-refractivity contribution >= 4 is 46.3 Å². The average Bonchev–Trinajstić information content (AvgIpc) is 2.49. The van der Waals surface area contributed by atoms with Crippen LogP contribution in [0, 0.1) is 0 Å². The number of H-pyrrole nitrogens is 1. The normalized spacial score (nSPS) is 11.3. The van der Waals surface area contributed by atoms with Crippen molar-refractivity contribution in [2.75, 3.05) is 0 Å². The average molecular weight is 317 g/mol. The first-order valence-corrected chi connectivity index (χ1v) is 7.02. The van der Waals surface area contributed by atoms with Gasteiger partial charge in [0, 0.05) is 0 Å². The molecule has 0 bridgehead atoms. The summed E-state index contributed by atoms with van der Waals surface area (Å²) in [5, 5.41) is 1.52. The minimum Gasteiger partial charge on any atom is -0.306 e. The van der Waals surface area contributed by atoms with Crippen LogP contribution in [0.15, 0.2) is 47.3 Å². The topological polar surface area (TPSA) is 45.8 Å². The largest absolute Gasteiger partial charge is 0.306 e. The van der Waals surface area contributed by atoms with E-state index in [1.807, 2.05) is 18.2 Å². The van der Waals surface area contributed by atoms with Gasteiger partial charge in [0.15, 0.2) is 0 Å². The Balaban J connectivity index is 2.04. The van der Waals surface area contributed by atoms with Crippen LogP contribution in [0.2, 0.25) is 10.0 Å². The van der Waals surface area contributed by atoms with Gasteiger partial charge in [-0.05, 0) is 35.9 Å². The predicted molar refractivity (Wildman–Crippen MR) is 87.8 cm³/mol. The van der Waals surface area contributed by atoms with Crippen LogP contribution >= 0.6 is 23.2 Å². The lowest BCUT2D eigenvalue weighted by atomic mass is 10.2. The molecule has 1 heterocycles. The third-order valence-corrected chi connectivity index (χ3v) is 3.87. The van der Waals surface area contributed by atoms with E-state index in [-0.39, 0.29) is 5.56 Å². The van der Waals surface area contributed by atoms with Gasteiger partial charge in [-0.1, -0.05) is 47.5 Å². The summed E-state index contributed by atoms with van der Waals surface area (Å²) in [4.78, 5) is 19.1. The second kappa shape index (κ2) is 5.72. The number of fused-ring (bicyclic) bond motifs is 1. The molecule has 21 heavy (non-hydrogen) atoms. The second-order valence-electron chi connectivity index (χ2n) is 4.44. The molecule has 0 unspecified atom stereocenters. The van der Waals surface area contributed by atoms with Gasteiger partial charge in [0.25, 0.3) is 5.56 Å². The Morgan fingerprint density at radius 1 is 1.00 bits per heavy atom. The molecular weight excluding hydrogens is 307 g/mol. The fourth-order valence-electron chi connectivity index (χ4n) is 2.00. The smallest absolute Gasteiger partial charge is 0.259 e. The van der Waals surface area contributed by atoms with Crippen molar-refractivity contribution in [3.63, 3.8) is 0 Å². The highest BCUT2D eigenvalue weighted by Crippen LogP contribution is 2.26. The molecule has 3 nitrogen and oxygen atoms in total. The molecule has 0 fully saturated rings. The van der Waals surface area contributed by atoms with E-state index in [1.165, 1.54) is 0 Å². The number of hydrogen-bond acceptors (Lipinski definition) is 2. The van der Waals surface area contributed by atoms with E-state index in [0.717, 1.165) is 5.56 Å². The molecule has 0 amide bonds. The number of halogens is 2. The van der Waals surface area contributed by atoms with Crippen molar-refractivity contribution < 1.29 is 0 Å². The summed E-state index contributed by atoms with van der Waals surface area (Å²) in [6.45, 7) is 0. The molecule has 0 aliphatic heterocycles. The Bertz CT molecular complexity index is 900. The Labute approximate surface area is 130 Å². The summed E-state index contributed by atoms with van der Waals surface area (Å²) in [6, 6.07) is 12.6. The lowest BCUT2D eigenvalue weighted by molar-refractivity contribution is 1.14. The monoisotopic (exact) mass is 316 g/mol. The number of para-hydroxylation sites is 1. The number of hydrogen-bond donors (Lipinski definition) is 1. The van der Waals surface area contributed by atoms with E-state index < -0.39 is 0 Å². The standard InChI is InChI=1S/C16H10Cl2N2O/c17-12-6-3-4-10(15(12)18)8-9-14-19-13-7-2-1-5-11(13)16(21)20-14/h1-9H,(H,19,20,21)/b9-8-. The van der Waals surface area contributed by atoms with Gasteiger partial charge >= 0.3 is 0 Å². The summed E-state index contributed by atoms with van der Waals surface area (Å²) in [7, 11) is 0. The molecule has 2 aromatic carbocycles. The minimum absolute atomic E-state index is 0.169. The van der Waals surface area contributed by atoms with Crippen LogP contribution < -0.4 is 5.56 Å². The van der Waals surface area contributed by atoms with Gasteiger partial charge < -0.3 is 4.98 Å². The van der Waals surface area contributed by atoms with Gasteiger partial charge in [-0.2, -0.15) is 0 Å². The summed E-state index contributed by atoms with van der Waals surface area (Å²) >= 11 is 12.1. The third kappa shape index (κ3) is 2.84. The molecule has 0 spiro atoms. The highest BCUT2D eigenvalue weighted by molar-refractivity contribution is 6.42. The quantitative estimate of drug-likeness (QED) is 0.761. The molecule has 1 N–H and O–H groups in total. The van der Waals surface area contributed by atoms with Gasteiger partial charge in [-0.25, -0.2) is 4.98 Å². The molecule has 104 valence electrons. The van der Waals surface area contributed by atoms with Crippen LogP contribution in [0.25, 0.3) is 23.1 Å². The number of aromatic amines is 1. The van der Waals surface area contributed by atoms with E-state index in [1.54, 1.807) is 36.4 Å². The molecular formula is C16H10Cl2N2O. The maximum absolute atomic E-state index is 12.0. The molecule has 3 aromatic rings. The van der Waals surface area contributed by atoms with E-state index in [9.17, 15) is 4.79 Å². The minimum atomic E-state index is -0.169. The van der Waals surface area contributed by atoms with Crippen LogP contribution in [-0.2, 0) is 0 Å². The first kappa shape index (κ1) is 13.9. The second-order valence-corrected chi connectivity index (χ2v) is 5.23. The summed E-state index contributed by atoms with van der Waals surface area (Å²) in [6.07, 6.45) is 3.46. The lowest BCUT2D eigenvalue weighted by Crippen LogP contribution is -2.09. The molecule has 0 saturated heterocycles. The zero-order valence-corrected chi connectivity index (χ0v) is 12.3. The summed E-state index contributed by atoms with van der Waals surface area (Å²) < 4.78 is 0. The van der Waals surface area contributed by atoms with Gasteiger partial charge in [0.1, 0.15) is 5.82 Å². The van der Waals surface area contributed by atoms with Crippen molar-refractivity contribution in [1.29, 1.82) is 0 Å². The zero-order valence-electron chi connectivity index (χ0n) is 10.8. The first-order valence-electron chi connectivity index (χ1n) is 6.26. The van der Waals surface area contributed by atoms with Gasteiger partial charge in [-0.15, -0.1) is 0 Å². The van der Waals surface area contributed by atoms with Crippen molar-refractivity contribution in [2.45, 2.75) is 0 Å².